The predicted molar refractivity (Wildman–Crippen MR) is 118 cm³/mol. The molecule has 2 heterocycles. The molecule has 1 aliphatic rings. The summed E-state index contributed by atoms with van der Waals surface area (Å²) in [4.78, 5) is 15.1. The Balaban J connectivity index is 1.69. The molecule has 0 spiro atoms. The molecule has 1 amide bonds. The number of hydrogen-bond acceptors (Lipinski definition) is 3. The van der Waals surface area contributed by atoms with Crippen molar-refractivity contribution in [3.63, 3.8) is 0 Å². The van der Waals surface area contributed by atoms with E-state index in [4.69, 9.17) is 23.8 Å². The highest BCUT2D eigenvalue weighted by Gasteiger charge is 2.33. The quantitative estimate of drug-likeness (QED) is 0.400. The molecule has 0 bridgehead atoms. The second-order valence-corrected chi connectivity index (χ2v) is 8.17. The van der Waals surface area contributed by atoms with Crippen LogP contribution in [0.25, 0.3) is 11.8 Å². The molecule has 0 saturated carbocycles. The summed E-state index contributed by atoms with van der Waals surface area (Å²) in [7, 11) is 0. The van der Waals surface area contributed by atoms with Crippen LogP contribution in [0.3, 0.4) is 0 Å². The van der Waals surface area contributed by atoms with Gasteiger partial charge in [-0.25, -0.2) is 0 Å². The predicted octanol–water partition coefficient (Wildman–Crippen LogP) is 5.84. The number of aromatic nitrogens is 1. The Morgan fingerprint density at radius 2 is 1.81 bits per heavy atom. The molecular formula is C21H15ClN2OS2. The summed E-state index contributed by atoms with van der Waals surface area (Å²) in [5, 5.41) is 0.711. The van der Waals surface area contributed by atoms with Crippen molar-refractivity contribution in [2.45, 2.75) is 6.92 Å². The van der Waals surface area contributed by atoms with Gasteiger partial charge in [-0.3, -0.25) is 9.69 Å². The third kappa shape index (κ3) is 3.46. The minimum Gasteiger partial charge on any atom is -0.317 e. The number of nitrogens with zero attached hydrogens (tertiary/aromatic N) is 2. The number of halogens is 1. The molecule has 3 aromatic rings. The highest BCUT2D eigenvalue weighted by molar-refractivity contribution is 8.27. The fourth-order valence-electron chi connectivity index (χ4n) is 2.88. The Kier molecular flexibility index (Phi) is 4.91. The smallest absolute Gasteiger partial charge is 0.270 e. The molecule has 1 saturated heterocycles. The number of hydrogen-bond donors (Lipinski definition) is 0. The van der Waals surface area contributed by atoms with Crippen LogP contribution in [0.5, 0.6) is 0 Å². The first-order valence-electron chi connectivity index (χ1n) is 8.31. The Bertz CT molecular complexity index is 1070. The minimum atomic E-state index is -0.106. The van der Waals surface area contributed by atoms with E-state index in [-0.39, 0.29) is 5.91 Å². The average Bonchev–Trinajstić information content (AvgIpc) is 3.23. The van der Waals surface area contributed by atoms with Gasteiger partial charge in [0.25, 0.3) is 5.91 Å². The van der Waals surface area contributed by atoms with Gasteiger partial charge in [0.1, 0.15) is 0 Å². The minimum absolute atomic E-state index is 0.106. The van der Waals surface area contributed by atoms with Crippen LogP contribution in [0.4, 0.5) is 5.69 Å². The van der Waals surface area contributed by atoms with Gasteiger partial charge in [0.15, 0.2) is 4.32 Å². The number of thioether (sulfide) groups is 1. The summed E-state index contributed by atoms with van der Waals surface area (Å²) in [5.74, 6) is -0.106. The maximum Gasteiger partial charge on any atom is 0.270 e. The van der Waals surface area contributed by atoms with Crippen molar-refractivity contribution in [1.29, 1.82) is 0 Å². The summed E-state index contributed by atoms with van der Waals surface area (Å²) < 4.78 is 2.54. The number of rotatable bonds is 3. The van der Waals surface area contributed by atoms with E-state index in [9.17, 15) is 4.79 Å². The summed E-state index contributed by atoms with van der Waals surface area (Å²) in [6, 6.07) is 19.3. The van der Waals surface area contributed by atoms with Crippen LogP contribution >= 0.6 is 35.6 Å². The lowest BCUT2D eigenvalue weighted by atomic mass is 10.2. The molecule has 6 heteroatoms. The van der Waals surface area contributed by atoms with E-state index in [1.165, 1.54) is 11.8 Å². The van der Waals surface area contributed by atoms with Gasteiger partial charge in [-0.15, -0.1) is 0 Å². The van der Waals surface area contributed by atoms with E-state index in [1.54, 1.807) is 4.90 Å². The maximum absolute atomic E-state index is 12.9. The van der Waals surface area contributed by atoms with Crippen molar-refractivity contribution in [3.05, 3.63) is 88.0 Å². The zero-order valence-electron chi connectivity index (χ0n) is 14.4. The molecule has 1 fully saturated rings. The van der Waals surface area contributed by atoms with Gasteiger partial charge in [-0.1, -0.05) is 59.8 Å². The standard InChI is InChI=1S/C21H15ClN2OS2/c1-14-9-10-17(12-18(14)22)23-11-5-8-16(23)13-19-20(25)24(21(26)27-19)15-6-3-2-4-7-15/h2-13H,1H3/b19-13-. The molecule has 3 nitrogen and oxygen atoms in total. The van der Waals surface area contributed by atoms with Gasteiger partial charge < -0.3 is 4.57 Å². The number of carbonyl (C=O) groups is 1. The lowest BCUT2D eigenvalue weighted by Gasteiger charge is -2.13. The first-order valence-corrected chi connectivity index (χ1v) is 9.92. The molecule has 0 radical (unpaired) electrons. The summed E-state index contributed by atoms with van der Waals surface area (Å²) in [5.41, 5.74) is 3.64. The zero-order chi connectivity index (χ0) is 19.0. The number of para-hydroxylation sites is 1. The van der Waals surface area contributed by atoms with Gasteiger partial charge in [0, 0.05) is 22.6 Å². The monoisotopic (exact) mass is 410 g/mol. The first kappa shape index (κ1) is 18.0. The summed E-state index contributed by atoms with van der Waals surface area (Å²) >= 11 is 13.0. The van der Waals surface area contributed by atoms with Gasteiger partial charge in [0.2, 0.25) is 0 Å². The van der Waals surface area contributed by atoms with Crippen molar-refractivity contribution < 1.29 is 4.79 Å². The molecule has 27 heavy (non-hydrogen) atoms. The lowest BCUT2D eigenvalue weighted by Crippen LogP contribution is -2.27. The third-order valence-electron chi connectivity index (χ3n) is 4.30. The molecule has 0 unspecified atom stereocenters. The third-order valence-corrected chi connectivity index (χ3v) is 6.01. The Labute approximate surface area is 172 Å². The largest absolute Gasteiger partial charge is 0.317 e. The molecule has 1 aromatic heterocycles. The topological polar surface area (TPSA) is 25.2 Å². The maximum atomic E-state index is 12.9. The van der Waals surface area contributed by atoms with E-state index >= 15 is 0 Å². The van der Waals surface area contributed by atoms with Crippen LogP contribution in [0, 0.1) is 6.92 Å². The summed E-state index contributed by atoms with van der Waals surface area (Å²) in [6.45, 7) is 1.97. The Morgan fingerprint density at radius 3 is 2.56 bits per heavy atom. The van der Waals surface area contributed by atoms with Crippen molar-refractivity contribution in [2.24, 2.45) is 0 Å². The van der Waals surface area contributed by atoms with E-state index in [2.05, 4.69) is 0 Å². The highest BCUT2D eigenvalue weighted by Crippen LogP contribution is 2.36. The van der Waals surface area contributed by atoms with Crippen LogP contribution in [-0.4, -0.2) is 14.8 Å². The molecule has 4 rings (SSSR count). The van der Waals surface area contributed by atoms with Gasteiger partial charge in [-0.05, 0) is 55.0 Å². The van der Waals surface area contributed by atoms with Crippen molar-refractivity contribution in [1.82, 2.24) is 4.57 Å². The van der Waals surface area contributed by atoms with E-state index < -0.39 is 0 Å². The van der Waals surface area contributed by atoms with E-state index in [0.29, 0.717) is 14.2 Å². The Morgan fingerprint density at radius 1 is 1.04 bits per heavy atom. The second kappa shape index (κ2) is 7.35. The summed E-state index contributed by atoms with van der Waals surface area (Å²) in [6.07, 6.45) is 3.82. The Hall–Kier alpha value is -2.34. The number of carbonyl (C=O) groups excluding carboxylic acids is 1. The fourth-order valence-corrected chi connectivity index (χ4v) is 4.34. The average molecular weight is 411 g/mol. The van der Waals surface area contributed by atoms with Crippen LogP contribution in [0.1, 0.15) is 11.3 Å². The van der Waals surface area contributed by atoms with Gasteiger partial charge in [0.05, 0.1) is 10.6 Å². The van der Waals surface area contributed by atoms with Crippen LogP contribution in [0.2, 0.25) is 5.02 Å². The number of benzene rings is 2. The molecule has 0 N–H and O–H groups in total. The number of thiocarbonyl (C=S) groups is 1. The highest BCUT2D eigenvalue weighted by atomic mass is 35.5. The molecule has 0 aliphatic carbocycles. The molecule has 0 atom stereocenters. The number of amides is 1. The van der Waals surface area contributed by atoms with E-state index in [0.717, 1.165) is 22.6 Å². The van der Waals surface area contributed by atoms with Crippen molar-refractivity contribution in [2.75, 3.05) is 4.90 Å². The number of aryl methyl sites for hydroxylation is 1. The first-order chi connectivity index (χ1) is 13.0. The zero-order valence-corrected chi connectivity index (χ0v) is 16.8. The molecule has 134 valence electrons. The number of anilines is 1. The lowest BCUT2D eigenvalue weighted by molar-refractivity contribution is -0.113. The normalized spacial score (nSPS) is 15.8. The SMILES string of the molecule is Cc1ccc(-n2cccc2/C=C2\SC(=S)N(c3ccccc3)C2=O)cc1Cl. The molecule has 2 aromatic carbocycles. The van der Waals surface area contributed by atoms with Crippen LogP contribution in [-0.2, 0) is 4.79 Å². The fraction of sp³-hybridized carbons (Fsp3) is 0.0476. The van der Waals surface area contributed by atoms with E-state index in [1.807, 2.05) is 84.4 Å². The van der Waals surface area contributed by atoms with Gasteiger partial charge in [-0.2, -0.15) is 0 Å². The van der Waals surface area contributed by atoms with Crippen LogP contribution < -0.4 is 4.90 Å². The van der Waals surface area contributed by atoms with Crippen molar-refractivity contribution >= 4 is 57.6 Å². The molecule has 1 aliphatic heterocycles. The second-order valence-electron chi connectivity index (χ2n) is 6.09. The van der Waals surface area contributed by atoms with Gasteiger partial charge >= 0.3 is 0 Å². The van der Waals surface area contributed by atoms with Crippen LogP contribution in [0.15, 0.2) is 71.8 Å². The van der Waals surface area contributed by atoms with Crippen molar-refractivity contribution in [3.8, 4) is 5.69 Å². The molecular weight excluding hydrogens is 396 g/mol.